The van der Waals surface area contributed by atoms with E-state index in [-0.39, 0.29) is 0 Å². The molecule has 0 aliphatic carbocycles. The van der Waals surface area contributed by atoms with Crippen LogP contribution in [0.4, 0.5) is 0 Å². The van der Waals surface area contributed by atoms with E-state index in [2.05, 4.69) is 24.0 Å². The Kier molecular flexibility index (Phi) is 3.78. The second-order valence-corrected chi connectivity index (χ2v) is 5.59. The molecule has 2 rings (SSSR count). The zero-order valence-corrected chi connectivity index (χ0v) is 10.2. The molecule has 0 aromatic carbocycles. The number of rotatable bonds is 3. The van der Waals surface area contributed by atoms with Crippen LogP contribution < -0.4 is 5.73 Å². The van der Waals surface area contributed by atoms with Crippen LogP contribution in [-0.2, 0) is 13.0 Å². The summed E-state index contributed by atoms with van der Waals surface area (Å²) >= 11 is 1.95. The van der Waals surface area contributed by atoms with Crippen LogP contribution in [0.25, 0.3) is 0 Å². The van der Waals surface area contributed by atoms with Crippen LogP contribution in [0.3, 0.4) is 0 Å². The SMILES string of the molecule is CCc1ccc(CN2CCC(N)CC2)s1. The van der Waals surface area contributed by atoms with Gasteiger partial charge in [-0.25, -0.2) is 0 Å². The fraction of sp³-hybridized carbons (Fsp3) is 0.667. The summed E-state index contributed by atoms with van der Waals surface area (Å²) in [6.45, 7) is 5.67. The van der Waals surface area contributed by atoms with Crippen molar-refractivity contribution in [2.75, 3.05) is 13.1 Å². The highest BCUT2D eigenvalue weighted by molar-refractivity contribution is 7.11. The topological polar surface area (TPSA) is 29.3 Å². The predicted molar refractivity (Wildman–Crippen MR) is 66.2 cm³/mol. The number of hydrogen-bond acceptors (Lipinski definition) is 3. The highest BCUT2D eigenvalue weighted by Gasteiger charge is 2.16. The highest BCUT2D eigenvalue weighted by atomic mass is 32.1. The monoisotopic (exact) mass is 224 g/mol. The molecule has 1 aliphatic heterocycles. The van der Waals surface area contributed by atoms with E-state index in [1.54, 1.807) is 0 Å². The quantitative estimate of drug-likeness (QED) is 0.853. The minimum atomic E-state index is 0.441. The van der Waals surface area contributed by atoms with Gasteiger partial charge >= 0.3 is 0 Å². The van der Waals surface area contributed by atoms with Gasteiger partial charge in [0.25, 0.3) is 0 Å². The lowest BCUT2D eigenvalue weighted by molar-refractivity contribution is 0.207. The Hall–Kier alpha value is -0.380. The molecule has 2 N–H and O–H groups in total. The molecule has 3 heteroatoms. The van der Waals surface area contributed by atoms with Crippen molar-refractivity contribution in [1.82, 2.24) is 4.90 Å². The predicted octanol–water partition coefficient (Wildman–Crippen LogP) is 2.23. The summed E-state index contributed by atoms with van der Waals surface area (Å²) in [4.78, 5) is 5.52. The maximum absolute atomic E-state index is 5.89. The number of hydrogen-bond donors (Lipinski definition) is 1. The molecular formula is C12H20N2S. The summed E-state index contributed by atoms with van der Waals surface area (Å²) in [7, 11) is 0. The van der Waals surface area contributed by atoms with Gasteiger partial charge in [-0.2, -0.15) is 0 Å². The van der Waals surface area contributed by atoms with E-state index in [9.17, 15) is 0 Å². The molecule has 1 aromatic rings. The Morgan fingerprint density at radius 3 is 2.60 bits per heavy atom. The average Bonchev–Trinajstić information content (AvgIpc) is 2.69. The Balaban J connectivity index is 1.86. The molecule has 0 unspecified atom stereocenters. The van der Waals surface area contributed by atoms with Gasteiger partial charge in [0.05, 0.1) is 0 Å². The fourth-order valence-electron chi connectivity index (χ4n) is 2.03. The third-order valence-corrected chi connectivity index (χ3v) is 4.29. The molecule has 1 aliphatic rings. The van der Waals surface area contributed by atoms with E-state index >= 15 is 0 Å². The minimum Gasteiger partial charge on any atom is -0.328 e. The number of likely N-dealkylation sites (tertiary alicyclic amines) is 1. The summed E-state index contributed by atoms with van der Waals surface area (Å²) < 4.78 is 0. The second-order valence-electron chi connectivity index (χ2n) is 4.34. The van der Waals surface area contributed by atoms with Gasteiger partial charge in [0.2, 0.25) is 0 Å². The van der Waals surface area contributed by atoms with Gasteiger partial charge in [-0.15, -0.1) is 11.3 Å². The van der Waals surface area contributed by atoms with Gasteiger partial charge in [0.15, 0.2) is 0 Å². The third-order valence-electron chi connectivity index (χ3n) is 3.08. The van der Waals surface area contributed by atoms with Gasteiger partial charge < -0.3 is 5.73 Å². The standard InChI is InChI=1S/C12H20N2S/c1-2-11-3-4-12(15-11)9-14-7-5-10(13)6-8-14/h3-4,10H,2,5-9,13H2,1H3. The van der Waals surface area contributed by atoms with Crippen molar-refractivity contribution in [1.29, 1.82) is 0 Å². The molecule has 0 spiro atoms. The number of nitrogens with zero attached hydrogens (tertiary/aromatic N) is 1. The van der Waals surface area contributed by atoms with Crippen LogP contribution in [0.2, 0.25) is 0 Å². The first kappa shape index (κ1) is 11.1. The lowest BCUT2D eigenvalue weighted by atomic mass is 10.1. The van der Waals surface area contributed by atoms with E-state index in [1.807, 2.05) is 11.3 Å². The molecule has 0 amide bonds. The molecule has 2 heterocycles. The van der Waals surface area contributed by atoms with Gasteiger partial charge in [-0.05, 0) is 44.5 Å². The third kappa shape index (κ3) is 3.03. The van der Waals surface area contributed by atoms with E-state index in [0.717, 1.165) is 25.8 Å². The summed E-state index contributed by atoms with van der Waals surface area (Å²) in [5, 5.41) is 0. The average molecular weight is 224 g/mol. The zero-order valence-electron chi connectivity index (χ0n) is 9.41. The normalized spacial score (nSPS) is 19.6. The van der Waals surface area contributed by atoms with Gasteiger partial charge in [-0.3, -0.25) is 4.90 Å². The van der Waals surface area contributed by atoms with Gasteiger partial charge in [-0.1, -0.05) is 6.92 Å². The largest absolute Gasteiger partial charge is 0.328 e. The van der Waals surface area contributed by atoms with Gasteiger partial charge in [0.1, 0.15) is 0 Å². The van der Waals surface area contributed by atoms with Crippen molar-refractivity contribution in [2.45, 2.75) is 38.8 Å². The molecule has 84 valence electrons. The number of nitrogens with two attached hydrogens (primary N) is 1. The molecular weight excluding hydrogens is 204 g/mol. The molecule has 15 heavy (non-hydrogen) atoms. The second kappa shape index (κ2) is 5.10. The molecule has 0 radical (unpaired) electrons. The van der Waals surface area contributed by atoms with E-state index in [4.69, 9.17) is 5.73 Å². The summed E-state index contributed by atoms with van der Waals surface area (Å²) in [6, 6.07) is 4.98. The molecule has 0 saturated carbocycles. The lowest BCUT2D eigenvalue weighted by Gasteiger charge is -2.29. The smallest absolute Gasteiger partial charge is 0.0328 e. The first-order valence-electron chi connectivity index (χ1n) is 5.83. The minimum absolute atomic E-state index is 0.441. The lowest BCUT2D eigenvalue weighted by Crippen LogP contribution is -2.39. The van der Waals surface area contributed by atoms with Gasteiger partial charge in [0, 0.05) is 22.3 Å². The van der Waals surface area contributed by atoms with Crippen LogP contribution in [0.5, 0.6) is 0 Å². The van der Waals surface area contributed by atoms with Crippen LogP contribution >= 0.6 is 11.3 Å². The molecule has 1 saturated heterocycles. The van der Waals surface area contributed by atoms with E-state index in [0.29, 0.717) is 6.04 Å². The number of aryl methyl sites for hydroxylation is 1. The Bertz CT molecular complexity index is 300. The van der Waals surface area contributed by atoms with Crippen molar-refractivity contribution >= 4 is 11.3 Å². The first-order chi connectivity index (χ1) is 7.28. The summed E-state index contributed by atoms with van der Waals surface area (Å²) in [5.41, 5.74) is 5.89. The zero-order chi connectivity index (χ0) is 10.7. The van der Waals surface area contributed by atoms with Crippen molar-refractivity contribution in [3.8, 4) is 0 Å². The molecule has 2 nitrogen and oxygen atoms in total. The van der Waals surface area contributed by atoms with Crippen LogP contribution in [0.1, 0.15) is 29.5 Å². The van der Waals surface area contributed by atoms with E-state index < -0.39 is 0 Å². The number of piperidine rings is 1. The van der Waals surface area contributed by atoms with Crippen LogP contribution in [0.15, 0.2) is 12.1 Å². The van der Waals surface area contributed by atoms with Crippen molar-refractivity contribution in [3.05, 3.63) is 21.9 Å². The maximum atomic E-state index is 5.89. The Morgan fingerprint density at radius 2 is 2.00 bits per heavy atom. The molecule has 1 fully saturated rings. The maximum Gasteiger partial charge on any atom is 0.0328 e. The molecule has 1 aromatic heterocycles. The molecule has 0 bridgehead atoms. The van der Waals surface area contributed by atoms with Crippen molar-refractivity contribution < 1.29 is 0 Å². The van der Waals surface area contributed by atoms with Crippen LogP contribution in [-0.4, -0.2) is 24.0 Å². The van der Waals surface area contributed by atoms with Crippen LogP contribution in [0, 0.1) is 0 Å². The highest BCUT2D eigenvalue weighted by Crippen LogP contribution is 2.20. The van der Waals surface area contributed by atoms with Crippen molar-refractivity contribution in [2.24, 2.45) is 5.73 Å². The summed E-state index contributed by atoms with van der Waals surface area (Å²) in [5.74, 6) is 0. The first-order valence-corrected chi connectivity index (χ1v) is 6.65. The Morgan fingerprint density at radius 1 is 1.33 bits per heavy atom. The van der Waals surface area contributed by atoms with E-state index in [1.165, 1.54) is 22.8 Å². The fourth-order valence-corrected chi connectivity index (χ4v) is 3.03. The van der Waals surface area contributed by atoms with Crippen molar-refractivity contribution in [3.63, 3.8) is 0 Å². The summed E-state index contributed by atoms with van der Waals surface area (Å²) in [6.07, 6.45) is 3.48. The molecule has 0 atom stereocenters. The Labute approximate surface area is 96.1 Å². The number of thiophene rings is 1.